The van der Waals surface area contributed by atoms with Gasteiger partial charge >= 0.3 is 0 Å². The molecular weight excluding hydrogens is 228 g/mol. The van der Waals surface area contributed by atoms with Crippen molar-refractivity contribution in [2.45, 2.75) is 25.8 Å². The molecule has 2 rings (SSSR count). The van der Waals surface area contributed by atoms with Gasteiger partial charge in [-0.2, -0.15) is 0 Å². The second-order valence-electron chi connectivity index (χ2n) is 4.67. The molecule has 0 spiro atoms. The minimum absolute atomic E-state index is 0.0454. The van der Waals surface area contributed by atoms with Gasteiger partial charge in [-0.25, -0.2) is 0 Å². The lowest BCUT2D eigenvalue weighted by Crippen LogP contribution is -2.37. The van der Waals surface area contributed by atoms with Gasteiger partial charge in [0.1, 0.15) is 5.75 Å². The van der Waals surface area contributed by atoms with Crippen LogP contribution in [0, 0.1) is 0 Å². The summed E-state index contributed by atoms with van der Waals surface area (Å²) in [6, 6.07) is 5.84. The molecule has 1 aromatic carbocycles. The van der Waals surface area contributed by atoms with Crippen molar-refractivity contribution in [3.8, 4) is 5.75 Å². The molecule has 4 nitrogen and oxygen atoms in total. The summed E-state index contributed by atoms with van der Waals surface area (Å²) in [5.41, 5.74) is 2.45. The Morgan fingerprint density at radius 3 is 3.00 bits per heavy atom. The molecule has 0 aliphatic heterocycles. The van der Waals surface area contributed by atoms with Crippen molar-refractivity contribution in [1.82, 2.24) is 10.2 Å². The number of carbonyl (C=O) groups excluding carboxylic acids is 1. The molecule has 0 bridgehead atoms. The number of nitrogens with one attached hydrogen (secondary N) is 1. The Bertz CT molecular complexity index is 445. The third-order valence-electron chi connectivity index (χ3n) is 3.65. The van der Waals surface area contributed by atoms with Crippen molar-refractivity contribution in [3.63, 3.8) is 0 Å². The molecule has 0 heterocycles. The number of hydrogen-bond donors (Lipinski definition) is 2. The number of phenolic OH excluding ortho intramolecular Hbond substituents is 1. The predicted octanol–water partition coefficient (Wildman–Crippen LogP) is 1.45. The highest BCUT2D eigenvalue weighted by atomic mass is 16.3. The Morgan fingerprint density at radius 2 is 2.33 bits per heavy atom. The van der Waals surface area contributed by atoms with Crippen LogP contribution in [0.25, 0.3) is 0 Å². The number of rotatable bonds is 4. The molecule has 1 atom stereocenters. The highest BCUT2D eigenvalue weighted by Gasteiger charge is 2.28. The molecule has 1 aliphatic carbocycles. The van der Waals surface area contributed by atoms with Crippen molar-refractivity contribution in [3.05, 3.63) is 29.3 Å². The molecule has 0 saturated carbocycles. The van der Waals surface area contributed by atoms with Crippen LogP contribution in [-0.2, 0) is 11.2 Å². The van der Waals surface area contributed by atoms with Crippen molar-refractivity contribution >= 4 is 5.91 Å². The lowest BCUT2D eigenvalue weighted by atomic mass is 10.1. The zero-order valence-corrected chi connectivity index (χ0v) is 10.9. The van der Waals surface area contributed by atoms with Crippen LogP contribution in [0.3, 0.4) is 0 Å². The molecule has 0 saturated heterocycles. The van der Waals surface area contributed by atoms with Gasteiger partial charge in [0.2, 0.25) is 5.91 Å². The Kier molecular flexibility index (Phi) is 3.87. The van der Waals surface area contributed by atoms with Crippen molar-refractivity contribution < 1.29 is 9.90 Å². The van der Waals surface area contributed by atoms with E-state index < -0.39 is 0 Å². The summed E-state index contributed by atoms with van der Waals surface area (Å²) < 4.78 is 0. The molecule has 0 radical (unpaired) electrons. The topological polar surface area (TPSA) is 52.6 Å². The minimum Gasteiger partial charge on any atom is -0.508 e. The first kappa shape index (κ1) is 12.9. The fraction of sp³-hybridized carbons (Fsp3) is 0.500. The largest absolute Gasteiger partial charge is 0.508 e. The molecule has 98 valence electrons. The van der Waals surface area contributed by atoms with Gasteiger partial charge < -0.3 is 10.4 Å². The first-order valence-electron chi connectivity index (χ1n) is 6.42. The highest BCUT2D eigenvalue weighted by Crippen LogP contribution is 2.36. The molecule has 0 aromatic heterocycles. The maximum Gasteiger partial charge on any atom is 0.233 e. The van der Waals surface area contributed by atoms with Crippen LogP contribution in [0.15, 0.2) is 18.2 Å². The summed E-state index contributed by atoms with van der Waals surface area (Å²) in [5, 5.41) is 12.1. The van der Waals surface area contributed by atoms with Gasteiger partial charge in [-0.15, -0.1) is 0 Å². The number of amides is 1. The van der Waals surface area contributed by atoms with Crippen LogP contribution in [0.5, 0.6) is 5.75 Å². The van der Waals surface area contributed by atoms with E-state index in [-0.39, 0.29) is 5.91 Å². The predicted molar refractivity (Wildman–Crippen MR) is 70.5 cm³/mol. The summed E-state index contributed by atoms with van der Waals surface area (Å²) in [6.07, 6.45) is 1.99. The molecule has 1 aromatic rings. The summed E-state index contributed by atoms with van der Waals surface area (Å²) in [7, 11) is 1.66. The second-order valence-corrected chi connectivity index (χ2v) is 4.67. The fourth-order valence-corrected chi connectivity index (χ4v) is 2.67. The fourth-order valence-electron chi connectivity index (χ4n) is 2.67. The van der Waals surface area contributed by atoms with Crippen LogP contribution in [0.4, 0.5) is 0 Å². The molecule has 18 heavy (non-hydrogen) atoms. The van der Waals surface area contributed by atoms with Crippen LogP contribution in [0.1, 0.15) is 30.5 Å². The lowest BCUT2D eigenvalue weighted by Gasteiger charge is -2.27. The first-order chi connectivity index (χ1) is 8.65. The number of hydrogen-bond acceptors (Lipinski definition) is 3. The molecule has 1 amide bonds. The third-order valence-corrected chi connectivity index (χ3v) is 3.65. The number of fused-ring (bicyclic) bond motifs is 1. The SMILES string of the molecule is CCN(CC(=O)NC)C1CCc2cc(O)ccc21. The van der Waals surface area contributed by atoms with E-state index in [1.807, 2.05) is 12.1 Å². The smallest absolute Gasteiger partial charge is 0.233 e. The number of likely N-dealkylation sites (N-methyl/N-ethyl adjacent to an activating group) is 2. The number of nitrogens with zero attached hydrogens (tertiary/aromatic N) is 1. The van der Waals surface area contributed by atoms with E-state index in [2.05, 4.69) is 17.1 Å². The second kappa shape index (κ2) is 5.40. The lowest BCUT2D eigenvalue weighted by molar-refractivity contribution is -0.122. The summed E-state index contributed by atoms with van der Waals surface area (Å²) in [4.78, 5) is 13.7. The average molecular weight is 248 g/mol. The van der Waals surface area contributed by atoms with Gasteiger partial charge in [0.25, 0.3) is 0 Å². The van der Waals surface area contributed by atoms with E-state index in [9.17, 15) is 9.90 Å². The number of aryl methyl sites for hydroxylation is 1. The number of carbonyl (C=O) groups is 1. The number of phenols is 1. The van der Waals surface area contributed by atoms with Gasteiger partial charge in [0.05, 0.1) is 6.54 Å². The zero-order valence-electron chi connectivity index (χ0n) is 10.9. The zero-order chi connectivity index (χ0) is 13.1. The summed E-state index contributed by atoms with van der Waals surface area (Å²) in [6.45, 7) is 3.34. The molecule has 1 aliphatic rings. The van der Waals surface area contributed by atoms with E-state index in [1.165, 1.54) is 11.1 Å². The Morgan fingerprint density at radius 1 is 1.56 bits per heavy atom. The maximum atomic E-state index is 11.5. The Balaban J connectivity index is 2.18. The van der Waals surface area contributed by atoms with Gasteiger partial charge in [-0.05, 0) is 42.6 Å². The molecule has 0 fully saturated rings. The van der Waals surface area contributed by atoms with Gasteiger partial charge in [-0.3, -0.25) is 9.69 Å². The summed E-state index contributed by atoms with van der Waals surface area (Å²) >= 11 is 0. The van der Waals surface area contributed by atoms with Crippen LogP contribution < -0.4 is 5.32 Å². The van der Waals surface area contributed by atoms with Crippen molar-refractivity contribution in [1.29, 1.82) is 0 Å². The quantitative estimate of drug-likeness (QED) is 0.848. The Labute approximate surface area is 108 Å². The molecular formula is C14H20N2O2. The van der Waals surface area contributed by atoms with Crippen LogP contribution in [0.2, 0.25) is 0 Å². The van der Waals surface area contributed by atoms with E-state index in [0.717, 1.165) is 19.4 Å². The van der Waals surface area contributed by atoms with E-state index in [4.69, 9.17) is 0 Å². The molecule has 1 unspecified atom stereocenters. The van der Waals surface area contributed by atoms with E-state index in [0.29, 0.717) is 18.3 Å². The number of benzene rings is 1. The van der Waals surface area contributed by atoms with Crippen molar-refractivity contribution in [2.24, 2.45) is 0 Å². The monoisotopic (exact) mass is 248 g/mol. The maximum absolute atomic E-state index is 11.5. The third kappa shape index (κ3) is 2.48. The van der Waals surface area contributed by atoms with E-state index >= 15 is 0 Å². The first-order valence-corrected chi connectivity index (χ1v) is 6.42. The standard InChI is InChI=1S/C14H20N2O2/c1-3-16(9-14(18)15-2)13-7-4-10-8-11(17)5-6-12(10)13/h5-6,8,13,17H,3-4,7,9H2,1-2H3,(H,15,18). The molecule has 4 heteroatoms. The summed E-state index contributed by atoms with van der Waals surface area (Å²) in [5.74, 6) is 0.368. The normalized spacial score (nSPS) is 17.8. The Hall–Kier alpha value is -1.55. The average Bonchev–Trinajstić information content (AvgIpc) is 2.78. The van der Waals surface area contributed by atoms with Gasteiger partial charge in [-0.1, -0.05) is 13.0 Å². The van der Waals surface area contributed by atoms with Crippen molar-refractivity contribution in [2.75, 3.05) is 20.1 Å². The van der Waals surface area contributed by atoms with Gasteiger partial charge in [0.15, 0.2) is 0 Å². The molecule has 2 N–H and O–H groups in total. The van der Waals surface area contributed by atoms with Crippen LogP contribution in [-0.4, -0.2) is 36.1 Å². The minimum atomic E-state index is 0.0454. The highest BCUT2D eigenvalue weighted by molar-refractivity contribution is 5.77. The number of aromatic hydroxyl groups is 1. The van der Waals surface area contributed by atoms with Crippen LogP contribution >= 0.6 is 0 Å². The van der Waals surface area contributed by atoms with Gasteiger partial charge in [0, 0.05) is 13.1 Å². The van der Waals surface area contributed by atoms with E-state index in [1.54, 1.807) is 13.1 Å².